The van der Waals surface area contributed by atoms with E-state index in [0.717, 1.165) is 0 Å². The van der Waals surface area contributed by atoms with Gasteiger partial charge in [0.2, 0.25) is 0 Å². The summed E-state index contributed by atoms with van der Waals surface area (Å²) in [6, 6.07) is 4.31. The van der Waals surface area contributed by atoms with E-state index in [2.05, 4.69) is 0 Å². The van der Waals surface area contributed by atoms with E-state index >= 15 is 0 Å². The molecule has 17 heavy (non-hydrogen) atoms. The number of aliphatic hydroxyl groups excluding tert-OH is 1. The van der Waals surface area contributed by atoms with Crippen LogP contribution in [0, 0.1) is 5.82 Å². The summed E-state index contributed by atoms with van der Waals surface area (Å²) in [6.07, 6.45) is 0. The Kier molecular flexibility index (Phi) is 3.35. The molecule has 6 heteroatoms. The molecule has 0 aliphatic carbocycles. The number of hydrogen-bond acceptors (Lipinski definition) is 4. The van der Waals surface area contributed by atoms with E-state index in [9.17, 15) is 12.8 Å². The van der Waals surface area contributed by atoms with Crippen LogP contribution >= 0.6 is 0 Å². The second-order valence-corrected chi connectivity index (χ2v) is 6.42. The Balaban J connectivity index is 2.21. The van der Waals surface area contributed by atoms with E-state index in [-0.39, 0.29) is 18.1 Å². The zero-order chi connectivity index (χ0) is 12.5. The highest BCUT2D eigenvalue weighted by atomic mass is 32.2. The Hall–Kier alpha value is -1.14. The third kappa shape index (κ3) is 2.95. The van der Waals surface area contributed by atoms with Gasteiger partial charge in [-0.2, -0.15) is 0 Å². The van der Waals surface area contributed by atoms with Crippen molar-refractivity contribution >= 4 is 15.5 Å². The number of anilines is 1. The molecule has 2 rings (SSSR count). The van der Waals surface area contributed by atoms with Gasteiger partial charge in [-0.25, -0.2) is 12.8 Å². The van der Waals surface area contributed by atoms with Gasteiger partial charge < -0.3 is 10.0 Å². The summed E-state index contributed by atoms with van der Waals surface area (Å²) >= 11 is 0. The highest BCUT2D eigenvalue weighted by molar-refractivity contribution is 7.91. The average Bonchev–Trinajstić information content (AvgIpc) is 2.28. The summed E-state index contributed by atoms with van der Waals surface area (Å²) in [5.74, 6) is -0.226. The number of benzene rings is 1. The fourth-order valence-electron chi connectivity index (χ4n) is 1.88. The van der Waals surface area contributed by atoms with Gasteiger partial charge in [-0.1, -0.05) is 0 Å². The first-order chi connectivity index (χ1) is 8.00. The molecule has 0 atom stereocenters. The van der Waals surface area contributed by atoms with Crippen molar-refractivity contribution in [1.82, 2.24) is 0 Å². The lowest BCUT2D eigenvalue weighted by molar-refractivity contribution is 0.281. The highest BCUT2D eigenvalue weighted by Gasteiger charge is 2.22. The Morgan fingerprint density at radius 1 is 1.24 bits per heavy atom. The first kappa shape index (κ1) is 12.3. The minimum absolute atomic E-state index is 0.0952. The monoisotopic (exact) mass is 259 g/mol. The van der Waals surface area contributed by atoms with Crippen LogP contribution in [0.15, 0.2) is 18.2 Å². The van der Waals surface area contributed by atoms with E-state index in [0.29, 0.717) is 24.3 Å². The van der Waals surface area contributed by atoms with Gasteiger partial charge in [-0.3, -0.25) is 0 Å². The lowest BCUT2D eigenvalue weighted by Crippen LogP contribution is -2.40. The molecule has 0 amide bonds. The molecule has 1 aromatic rings. The predicted octanol–water partition coefficient (Wildman–Crippen LogP) is 0.553. The maximum absolute atomic E-state index is 13.3. The third-order valence-corrected chi connectivity index (χ3v) is 4.44. The van der Waals surface area contributed by atoms with Crippen molar-refractivity contribution in [2.45, 2.75) is 6.61 Å². The average molecular weight is 259 g/mol. The lowest BCUT2D eigenvalue weighted by atomic mass is 10.2. The minimum Gasteiger partial charge on any atom is -0.392 e. The smallest absolute Gasteiger partial charge is 0.153 e. The molecule has 94 valence electrons. The molecule has 1 N–H and O–H groups in total. The Morgan fingerprint density at radius 3 is 2.47 bits per heavy atom. The molecule has 1 aliphatic heterocycles. The van der Waals surface area contributed by atoms with Crippen LogP contribution in [-0.4, -0.2) is 38.1 Å². The van der Waals surface area contributed by atoms with E-state index < -0.39 is 15.7 Å². The summed E-state index contributed by atoms with van der Waals surface area (Å²) in [7, 11) is -2.93. The minimum atomic E-state index is -2.93. The molecular formula is C11H14FNO3S. The molecule has 0 saturated carbocycles. The zero-order valence-corrected chi connectivity index (χ0v) is 10.1. The first-order valence-electron chi connectivity index (χ1n) is 5.36. The van der Waals surface area contributed by atoms with Crippen LogP contribution in [0.2, 0.25) is 0 Å². The molecule has 0 unspecified atom stereocenters. The van der Waals surface area contributed by atoms with E-state index in [4.69, 9.17) is 5.11 Å². The topological polar surface area (TPSA) is 57.6 Å². The zero-order valence-electron chi connectivity index (χ0n) is 9.26. The van der Waals surface area contributed by atoms with Gasteiger partial charge in [-0.15, -0.1) is 0 Å². The summed E-state index contributed by atoms with van der Waals surface area (Å²) in [6.45, 7) is 0.518. The van der Waals surface area contributed by atoms with Crippen LogP contribution in [0.3, 0.4) is 0 Å². The molecule has 0 aromatic heterocycles. The number of nitrogens with zero attached hydrogens (tertiary/aromatic N) is 1. The fourth-order valence-corrected chi connectivity index (χ4v) is 3.08. The molecule has 1 saturated heterocycles. The lowest BCUT2D eigenvalue weighted by Gasteiger charge is -2.29. The van der Waals surface area contributed by atoms with Crippen LogP contribution in [0.25, 0.3) is 0 Å². The van der Waals surface area contributed by atoms with Crippen molar-refractivity contribution in [2.75, 3.05) is 29.5 Å². The molecule has 4 nitrogen and oxygen atoms in total. The van der Waals surface area contributed by atoms with Gasteiger partial charge in [0.1, 0.15) is 5.82 Å². The van der Waals surface area contributed by atoms with Crippen molar-refractivity contribution in [3.8, 4) is 0 Å². The first-order valence-corrected chi connectivity index (χ1v) is 7.18. The molecule has 0 spiro atoms. The number of rotatable bonds is 2. The fraction of sp³-hybridized carbons (Fsp3) is 0.455. The number of sulfone groups is 1. The molecule has 0 radical (unpaired) electrons. The van der Waals surface area contributed by atoms with Crippen molar-refractivity contribution in [1.29, 1.82) is 0 Å². The van der Waals surface area contributed by atoms with Crippen molar-refractivity contribution in [2.24, 2.45) is 0 Å². The van der Waals surface area contributed by atoms with Crippen LogP contribution in [-0.2, 0) is 16.4 Å². The van der Waals surface area contributed by atoms with Crippen molar-refractivity contribution in [3.63, 3.8) is 0 Å². The van der Waals surface area contributed by atoms with Crippen LogP contribution in [0.4, 0.5) is 10.1 Å². The Morgan fingerprint density at radius 2 is 1.88 bits per heavy atom. The quantitative estimate of drug-likeness (QED) is 0.843. The Bertz CT molecular complexity index is 501. The maximum Gasteiger partial charge on any atom is 0.153 e. The molecule has 1 aromatic carbocycles. The van der Waals surface area contributed by atoms with Crippen LogP contribution in [0.1, 0.15) is 5.56 Å². The molecule has 0 bridgehead atoms. The SMILES string of the molecule is O=S1(=O)CCN(c2cc(F)cc(CO)c2)CC1. The van der Waals surface area contributed by atoms with Crippen LogP contribution < -0.4 is 4.90 Å². The Labute approximate surface area is 99.6 Å². The number of halogens is 1. The second kappa shape index (κ2) is 4.62. The third-order valence-electron chi connectivity index (χ3n) is 2.83. The normalized spacial score (nSPS) is 19.3. The van der Waals surface area contributed by atoms with E-state index in [1.165, 1.54) is 12.1 Å². The molecular weight excluding hydrogens is 245 g/mol. The largest absolute Gasteiger partial charge is 0.392 e. The van der Waals surface area contributed by atoms with Gasteiger partial charge >= 0.3 is 0 Å². The van der Waals surface area contributed by atoms with E-state index in [1.807, 2.05) is 4.90 Å². The van der Waals surface area contributed by atoms with Crippen molar-refractivity contribution < 1.29 is 17.9 Å². The highest BCUT2D eigenvalue weighted by Crippen LogP contribution is 2.20. The summed E-state index contributed by atoms with van der Waals surface area (Å²) < 4.78 is 35.8. The molecule has 1 aliphatic rings. The summed E-state index contributed by atoms with van der Waals surface area (Å²) in [4.78, 5) is 1.82. The van der Waals surface area contributed by atoms with Gasteiger partial charge in [0.05, 0.1) is 18.1 Å². The number of aliphatic hydroxyl groups is 1. The summed E-state index contributed by atoms with van der Waals surface area (Å²) in [5, 5.41) is 8.99. The molecule has 1 fully saturated rings. The van der Waals surface area contributed by atoms with Crippen molar-refractivity contribution in [3.05, 3.63) is 29.6 Å². The van der Waals surface area contributed by atoms with Gasteiger partial charge in [0.25, 0.3) is 0 Å². The standard InChI is InChI=1S/C11H14FNO3S/c12-10-5-9(8-14)6-11(7-10)13-1-3-17(15,16)4-2-13/h5-7,14H,1-4,8H2. The van der Waals surface area contributed by atoms with E-state index in [1.54, 1.807) is 6.07 Å². The predicted molar refractivity (Wildman–Crippen MR) is 63.2 cm³/mol. The summed E-state index contributed by atoms with van der Waals surface area (Å²) in [5.41, 5.74) is 1.12. The van der Waals surface area contributed by atoms with Gasteiger partial charge in [-0.05, 0) is 23.8 Å². The maximum atomic E-state index is 13.3. The van der Waals surface area contributed by atoms with Gasteiger partial charge in [0.15, 0.2) is 9.84 Å². The van der Waals surface area contributed by atoms with Crippen LogP contribution in [0.5, 0.6) is 0 Å². The van der Waals surface area contributed by atoms with Gasteiger partial charge in [0, 0.05) is 18.8 Å². The number of hydrogen-bond donors (Lipinski definition) is 1. The molecule has 1 heterocycles. The second-order valence-electron chi connectivity index (χ2n) is 4.11.